The smallest absolute Gasteiger partial charge is 0.0962 e. The van der Waals surface area contributed by atoms with Crippen LogP contribution in [-0.2, 0) is 0 Å². The average molecular weight is 332 g/mol. The largest absolute Gasteiger partial charge is 0.193 e. The summed E-state index contributed by atoms with van der Waals surface area (Å²) in [5.41, 5.74) is 1.59. The Morgan fingerprint density at radius 1 is 1.40 bits per heavy atom. The van der Waals surface area contributed by atoms with Gasteiger partial charge < -0.3 is 0 Å². The van der Waals surface area contributed by atoms with Crippen molar-refractivity contribution < 1.29 is 0 Å². The van der Waals surface area contributed by atoms with Gasteiger partial charge in [-0.2, -0.15) is 5.26 Å². The summed E-state index contributed by atoms with van der Waals surface area (Å²) in [6, 6.07) is 10.0. The summed E-state index contributed by atoms with van der Waals surface area (Å²) in [5, 5.41) is 9.53. The van der Waals surface area contributed by atoms with Crippen molar-refractivity contribution in [1.29, 1.82) is 5.26 Å². The van der Waals surface area contributed by atoms with Crippen molar-refractivity contribution in [2.75, 3.05) is 0 Å². The second-order valence-electron chi connectivity index (χ2n) is 3.16. The predicted molar refractivity (Wildman–Crippen MR) is 72.5 cm³/mol. The topological polar surface area (TPSA) is 23.8 Å². The van der Waals surface area contributed by atoms with Crippen LogP contribution in [0.15, 0.2) is 29.8 Å². The number of hydrogen-bond donors (Lipinski definition) is 0. The Morgan fingerprint density at radius 3 is 2.47 bits per heavy atom. The Bertz CT molecular complexity index is 401. The number of allylic oxidation sites excluding steroid dienone is 1. The zero-order chi connectivity index (χ0) is 11.3. The molecule has 0 N–H and O–H groups in total. The third kappa shape index (κ3) is 3.51. The third-order valence-corrected chi connectivity index (χ3v) is 3.16. The van der Waals surface area contributed by atoms with Crippen molar-refractivity contribution in [3.05, 3.63) is 39.0 Å². The monoisotopic (exact) mass is 331 g/mol. The van der Waals surface area contributed by atoms with Gasteiger partial charge in [0.15, 0.2) is 0 Å². The predicted octanol–water partition coefficient (Wildman–Crippen LogP) is 4.56. The average Bonchev–Trinajstić information content (AvgIpc) is 2.26. The first-order valence-corrected chi connectivity index (χ1v) is 6.19. The lowest BCUT2D eigenvalue weighted by Gasteiger charge is -2.02. The van der Waals surface area contributed by atoms with Gasteiger partial charge in [-0.1, -0.05) is 37.1 Å². The SMILES string of the molecule is CCCC(C#N)=C(Cl)c1ccc(I)cc1. The van der Waals surface area contributed by atoms with Gasteiger partial charge in [0.05, 0.1) is 11.1 Å². The normalized spacial score (nSPS) is 11.9. The molecule has 0 amide bonds. The maximum absolute atomic E-state index is 8.95. The van der Waals surface area contributed by atoms with Gasteiger partial charge in [0.1, 0.15) is 0 Å². The second-order valence-corrected chi connectivity index (χ2v) is 4.78. The summed E-state index contributed by atoms with van der Waals surface area (Å²) < 4.78 is 1.16. The summed E-state index contributed by atoms with van der Waals surface area (Å²) in [5.74, 6) is 0. The zero-order valence-corrected chi connectivity index (χ0v) is 11.3. The molecule has 0 unspecified atom stereocenters. The van der Waals surface area contributed by atoms with Crippen LogP contribution in [0.1, 0.15) is 25.3 Å². The molecule has 0 heterocycles. The molecule has 3 heteroatoms. The molecule has 0 radical (unpaired) electrons. The third-order valence-electron chi connectivity index (χ3n) is 2.00. The van der Waals surface area contributed by atoms with Gasteiger partial charge in [-0.05, 0) is 46.7 Å². The molecule has 0 bridgehead atoms. The highest BCUT2D eigenvalue weighted by atomic mass is 127. The molecule has 0 saturated heterocycles. The lowest BCUT2D eigenvalue weighted by Crippen LogP contribution is -1.85. The van der Waals surface area contributed by atoms with Crippen molar-refractivity contribution in [3.63, 3.8) is 0 Å². The van der Waals surface area contributed by atoms with Crippen LogP contribution in [0.3, 0.4) is 0 Å². The summed E-state index contributed by atoms with van der Waals surface area (Å²) in [6.45, 7) is 2.04. The van der Waals surface area contributed by atoms with E-state index in [1.165, 1.54) is 0 Å². The van der Waals surface area contributed by atoms with Crippen LogP contribution < -0.4 is 0 Å². The van der Waals surface area contributed by atoms with E-state index >= 15 is 0 Å². The summed E-state index contributed by atoms with van der Waals surface area (Å²) >= 11 is 8.40. The molecule has 15 heavy (non-hydrogen) atoms. The molecule has 0 aliphatic rings. The number of rotatable bonds is 3. The lowest BCUT2D eigenvalue weighted by atomic mass is 10.1. The molecular weight excluding hydrogens is 320 g/mol. The number of hydrogen-bond acceptors (Lipinski definition) is 1. The molecule has 1 nitrogen and oxygen atoms in total. The Kier molecular flexibility index (Phi) is 5.13. The summed E-state index contributed by atoms with van der Waals surface area (Å²) in [4.78, 5) is 0. The van der Waals surface area contributed by atoms with Crippen molar-refractivity contribution in [3.8, 4) is 6.07 Å². The van der Waals surface area contributed by atoms with Crippen LogP contribution in [0.25, 0.3) is 5.03 Å². The van der Waals surface area contributed by atoms with Crippen molar-refractivity contribution >= 4 is 39.2 Å². The molecule has 0 aromatic heterocycles. The van der Waals surface area contributed by atoms with E-state index in [2.05, 4.69) is 28.7 Å². The fourth-order valence-electron chi connectivity index (χ4n) is 1.24. The molecule has 0 aliphatic carbocycles. The first-order chi connectivity index (χ1) is 7.19. The van der Waals surface area contributed by atoms with Crippen LogP contribution >= 0.6 is 34.2 Å². The van der Waals surface area contributed by atoms with Gasteiger partial charge in [0.25, 0.3) is 0 Å². The van der Waals surface area contributed by atoms with Crippen LogP contribution in [0.4, 0.5) is 0 Å². The van der Waals surface area contributed by atoms with Crippen LogP contribution in [0, 0.1) is 14.9 Å². The molecule has 0 spiro atoms. The minimum absolute atomic E-state index is 0.579. The molecule has 0 atom stereocenters. The highest BCUT2D eigenvalue weighted by molar-refractivity contribution is 14.1. The van der Waals surface area contributed by atoms with Crippen molar-refractivity contribution in [1.82, 2.24) is 0 Å². The summed E-state index contributed by atoms with van der Waals surface area (Å²) in [7, 11) is 0. The highest BCUT2D eigenvalue weighted by Gasteiger charge is 2.05. The quantitative estimate of drug-likeness (QED) is 0.588. The Balaban J connectivity index is 3.06. The number of nitriles is 1. The number of benzene rings is 1. The first kappa shape index (κ1) is 12.5. The Hall–Kier alpha value is -0.530. The Morgan fingerprint density at radius 2 is 2.00 bits per heavy atom. The molecule has 1 aromatic rings. The van der Waals surface area contributed by atoms with E-state index in [1.54, 1.807) is 0 Å². The van der Waals surface area contributed by atoms with E-state index in [-0.39, 0.29) is 0 Å². The fraction of sp³-hybridized carbons (Fsp3) is 0.250. The molecule has 0 saturated carbocycles. The van der Waals surface area contributed by atoms with E-state index in [0.717, 1.165) is 22.0 Å². The minimum atomic E-state index is 0.579. The van der Waals surface area contributed by atoms with E-state index < -0.39 is 0 Å². The molecule has 0 aliphatic heterocycles. The number of nitrogens with zero attached hydrogens (tertiary/aromatic N) is 1. The maximum Gasteiger partial charge on any atom is 0.0962 e. The van der Waals surface area contributed by atoms with Gasteiger partial charge in [0, 0.05) is 9.14 Å². The van der Waals surface area contributed by atoms with E-state index in [4.69, 9.17) is 16.9 Å². The molecule has 0 fully saturated rings. The molecule has 78 valence electrons. The molecule has 1 aromatic carbocycles. The van der Waals surface area contributed by atoms with Crippen LogP contribution in [-0.4, -0.2) is 0 Å². The second kappa shape index (κ2) is 6.14. The van der Waals surface area contributed by atoms with Gasteiger partial charge in [-0.3, -0.25) is 0 Å². The standard InChI is InChI=1S/C12H11ClIN/c1-2-3-10(8-15)12(13)9-4-6-11(14)7-5-9/h4-7H,2-3H2,1H3. The van der Waals surface area contributed by atoms with Crippen molar-refractivity contribution in [2.24, 2.45) is 0 Å². The minimum Gasteiger partial charge on any atom is -0.193 e. The molecular formula is C12H11ClIN. The first-order valence-electron chi connectivity index (χ1n) is 4.73. The lowest BCUT2D eigenvalue weighted by molar-refractivity contribution is 0.933. The molecule has 1 rings (SSSR count). The van der Waals surface area contributed by atoms with Gasteiger partial charge in [-0.15, -0.1) is 0 Å². The van der Waals surface area contributed by atoms with Crippen LogP contribution in [0.5, 0.6) is 0 Å². The van der Waals surface area contributed by atoms with E-state index in [9.17, 15) is 0 Å². The summed E-state index contributed by atoms with van der Waals surface area (Å²) in [6.07, 6.45) is 1.67. The van der Waals surface area contributed by atoms with Gasteiger partial charge in [-0.25, -0.2) is 0 Å². The maximum atomic E-state index is 8.95. The zero-order valence-electron chi connectivity index (χ0n) is 8.43. The van der Waals surface area contributed by atoms with Crippen molar-refractivity contribution in [2.45, 2.75) is 19.8 Å². The van der Waals surface area contributed by atoms with E-state index in [1.807, 2.05) is 31.2 Å². The Labute approximate surface area is 109 Å². The highest BCUT2D eigenvalue weighted by Crippen LogP contribution is 2.25. The van der Waals surface area contributed by atoms with E-state index in [0.29, 0.717) is 10.6 Å². The van der Waals surface area contributed by atoms with Crippen LogP contribution in [0.2, 0.25) is 0 Å². The van der Waals surface area contributed by atoms with Gasteiger partial charge >= 0.3 is 0 Å². The number of halogens is 2. The fourth-order valence-corrected chi connectivity index (χ4v) is 1.86. The van der Waals surface area contributed by atoms with Gasteiger partial charge in [0.2, 0.25) is 0 Å².